The average Bonchev–Trinajstić information content (AvgIpc) is 2.60. The maximum absolute atomic E-state index is 5.75. The van der Waals surface area contributed by atoms with Crippen molar-refractivity contribution in [1.29, 1.82) is 0 Å². The zero-order chi connectivity index (χ0) is 10.7. The first-order valence-electron chi connectivity index (χ1n) is 5.47. The quantitative estimate of drug-likeness (QED) is 0.748. The predicted molar refractivity (Wildman–Crippen MR) is 56.4 cm³/mol. The number of aromatic nitrogens is 3. The third-order valence-corrected chi connectivity index (χ3v) is 2.61. The van der Waals surface area contributed by atoms with Crippen LogP contribution in [0.15, 0.2) is 0 Å². The molecule has 1 aliphatic rings. The van der Waals surface area contributed by atoms with Crippen LogP contribution in [0.3, 0.4) is 0 Å². The molecule has 0 saturated carbocycles. The summed E-state index contributed by atoms with van der Waals surface area (Å²) in [7, 11) is 0. The molecule has 84 valence electrons. The molecule has 2 rings (SSSR count). The average molecular weight is 210 g/mol. The van der Waals surface area contributed by atoms with Gasteiger partial charge in [-0.15, -0.1) is 0 Å². The Kier molecular flexibility index (Phi) is 3.02. The van der Waals surface area contributed by atoms with Gasteiger partial charge in [-0.25, -0.2) is 4.98 Å². The van der Waals surface area contributed by atoms with Crippen molar-refractivity contribution in [3.8, 4) is 0 Å². The third kappa shape index (κ3) is 2.54. The zero-order valence-corrected chi connectivity index (χ0v) is 9.34. The summed E-state index contributed by atoms with van der Waals surface area (Å²) in [5.74, 6) is 1.71. The van der Waals surface area contributed by atoms with E-state index in [4.69, 9.17) is 4.74 Å². The summed E-state index contributed by atoms with van der Waals surface area (Å²) in [6.07, 6.45) is 2.00. The van der Waals surface area contributed by atoms with Gasteiger partial charge in [0.05, 0.1) is 5.60 Å². The molecule has 1 fully saturated rings. The third-order valence-electron chi connectivity index (χ3n) is 2.61. The topological polar surface area (TPSA) is 62.8 Å². The highest BCUT2D eigenvalue weighted by Gasteiger charge is 2.32. The van der Waals surface area contributed by atoms with Crippen molar-refractivity contribution < 1.29 is 4.74 Å². The monoisotopic (exact) mass is 210 g/mol. The molecule has 0 spiro atoms. The van der Waals surface area contributed by atoms with Crippen molar-refractivity contribution in [2.45, 2.75) is 38.9 Å². The van der Waals surface area contributed by atoms with Gasteiger partial charge < -0.3 is 10.1 Å². The van der Waals surface area contributed by atoms with E-state index < -0.39 is 0 Å². The highest BCUT2D eigenvalue weighted by Crippen LogP contribution is 2.16. The second-order valence-electron chi connectivity index (χ2n) is 4.29. The molecule has 5 nitrogen and oxygen atoms in total. The van der Waals surface area contributed by atoms with Crippen LogP contribution in [-0.2, 0) is 17.8 Å². The van der Waals surface area contributed by atoms with Crippen molar-refractivity contribution >= 4 is 0 Å². The summed E-state index contributed by atoms with van der Waals surface area (Å²) in [6.45, 7) is 6.58. The lowest BCUT2D eigenvalue weighted by Gasteiger charge is -2.38. The van der Waals surface area contributed by atoms with Gasteiger partial charge in [-0.2, -0.15) is 5.10 Å². The van der Waals surface area contributed by atoms with Crippen LogP contribution in [0.4, 0.5) is 0 Å². The second-order valence-corrected chi connectivity index (χ2v) is 4.29. The number of ether oxygens (including phenoxy) is 1. The van der Waals surface area contributed by atoms with Crippen LogP contribution in [0.25, 0.3) is 0 Å². The Morgan fingerprint density at radius 2 is 2.27 bits per heavy atom. The lowest BCUT2D eigenvalue weighted by molar-refractivity contribution is -0.0789. The molecule has 1 aromatic rings. The van der Waals surface area contributed by atoms with Gasteiger partial charge >= 0.3 is 0 Å². The van der Waals surface area contributed by atoms with Crippen LogP contribution in [0.2, 0.25) is 0 Å². The number of rotatable bonds is 5. The summed E-state index contributed by atoms with van der Waals surface area (Å²) in [5.41, 5.74) is -0.0162. The first-order valence-corrected chi connectivity index (χ1v) is 5.47. The summed E-state index contributed by atoms with van der Waals surface area (Å²) in [4.78, 5) is 4.35. The molecule has 0 aliphatic carbocycles. The molecular weight excluding hydrogens is 192 g/mol. The normalized spacial score (nSPS) is 18.8. The van der Waals surface area contributed by atoms with E-state index in [1.807, 2.05) is 0 Å². The number of H-pyrrole nitrogens is 1. The van der Waals surface area contributed by atoms with Crippen molar-refractivity contribution in [2.75, 3.05) is 13.1 Å². The molecule has 0 radical (unpaired) electrons. The van der Waals surface area contributed by atoms with E-state index in [1.54, 1.807) is 0 Å². The van der Waals surface area contributed by atoms with Crippen molar-refractivity contribution in [2.24, 2.45) is 0 Å². The standard InChI is InChI=1S/C10H18N4O/c1-3-4-8-12-9(14-13-8)5-15-10(2)6-11-7-10/h11H,3-7H2,1-2H3,(H,12,13,14). The van der Waals surface area contributed by atoms with E-state index in [2.05, 4.69) is 34.3 Å². The molecule has 5 heteroatoms. The minimum atomic E-state index is -0.0162. The van der Waals surface area contributed by atoms with E-state index in [1.165, 1.54) is 0 Å². The Bertz CT molecular complexity index is 319. The highest BCUT2D eigenvalue weighted by molar-refractivity contribution is 4.93. The Balaban J connectivity index is 1.82. The number of aromatic amines is 1. The maximum Gasteiger partial charge on any atom is 0.150 e. The van der Waals surface area contributed by atoms with E-state index >= 15 is 0 Å². The molecule has 0 amide bonds. The smallest absolute Gasteiger partial charge is 0.150 e. The van der Waals surface area contributed by atoms with Gasteiger partial charge in [0, 0.05) is 19.5 Å². The number of aryl methyl sites for hydroxylation is 1. The van der Waals surface area contributed by atoms with Gasteiger partial charge in [0.15, 0.2) is 11.6 Å². The van der Waals surface area contributed by atoms with Crippen molar-refractivity contribution in [3.05, 3.63) is 11.6 Å². The number of hydrogen-bond acceptors (Lipinski definition) is 4. The largest absolute Gasteiger partial charge is 0.365 e. The second kappa shape index (κ2) is 4.28. The highest BCUT2D eigenvalue weighted by atomic mass is 16.5. The molecule has 1 saturated heterocycles. The first-order chi connectivity index (χ1) is 7.22. The maximum atomic E-state index is 5.75. The van der Waals surface area contributed by atoms with Gasteiger partial charge in [-0.1, -0.05) is 6.92 Å². The minimum Gasteiger partial charge on any atom is -0.365 e. The fraction of sp³-hybridized carbons (Fsp3) is 0.800. The molecule has 0 unspecified atom stereocenters. The first kappa shape index (κ1) is 10.6. The van der Waals surface area contributed by atoms with Crippen LogP contribution in [0.1, 0.15) is 31.9 Å². The Morgan fingerprint density at radius 3 is 2.87 bits per heavy atom. The molecule has 0 atom stereocenters. The molecule has 15 heavy (non-hydrogen) atoms. The van der Waals surface area contributed by atoms with E-state index in [9.17, 15) is 0 Å². The predicted octanol–water partition coefficient (Wildman–Crippen LogP) is 0.636. The molecule has 1 aromatic heterocycles. The van der Waals surface area contributed by atoms with Gasteiger partial charge in [-0.05, 0) is 13.3 Å². The van der Waals surface area contributed by atoms with E-state index in [-0.39, 0.29) is 5.60 Å². The SMILES string of the molecule is CCCc1n[nH]c(COC2(C)CNC2)n1. The molecule has 2 heterocycles. The van der Waals surface area contributed by atoms with Crippen LogP contribution in [0, 0.1) is 0 Å². The van der Waals surface area contributed by atoms with Gasteiger partial charge in [0.25, 0.3) is 0 Å². The molecular formula is C10H18N4O. The zero-order valence-electron chi connectivity index (χ0n) is 9.34. The number of nitrogens with one attached hydrogen (secondary N) is 2. The van der Waals surface area contributed by atoms with Gasteiger partial charge in [0.1, 0.15) is 6.61 Å². The fourth-order valence-corrected chi connectivity index (χ4v) is 1.56. The summed E-state index contributed by atoms with van der Waals surface area (Å²) < 4.78 is 5.75. The van der Waals surface area contributed by atoms with Crippen LogP contribution in [0.5, 0.6) is 0 Å². The Hall–Kier alpha value is -0.940. The van der Waals surface area contributed by atoms with Crippen molar-refractivity contribution in [3.63, 3.8) is 0 Å². The fourth-order valence-electron chi connectivity index (χ4n) is 1.56. The lowest BCUT2D eigenvalue weighted by Crippen LogP contribution is -2.58. The van der Waals surface area contributed by atoms with E-state index in [0.717, 1.165) is 37.6 Å². The number of nitrogens with zero attached hydrogens (tertiary/aromatic N) is 2. The molecule has 0 bridgehead atoms. The van der Waals surface area contributed by atoms with E-state index in [0.29, 0.717) is 6.61 Å². The summed E-state index contributed by atoms with van der Waals surface area (Å²) in [5, 5.41) is 10.2. The summed E-state index contributed by atoms with van der Waals surface area (Å²) in [6, 6.07) is 0. The molecule has 1 aliphatic heterocycles. The minimum absolute atomic E-state index is 0.0162. The molecule has 2 N–H and O–H groups in total. The lowest BCUT2D eigenvalue weighted by atomic mass is 10.0. The van der Waals surface area contributed by atoms with Gasteiger partial charge in [-0.3, -0.25) is 5.10 Å². The Morgan fingerprint density at radius 1 is 1.47 bits per heavy atom. The number of hydrogen-bond donors (Lipinski definition) is 2. The van der Waals surface area contributed by atoms with Crippen LogP contribution in [-0.4, -0.2) is 33.9 Å². The van der Waals surface area contributed by atoms with Gasteiger partial charge in [0.2, 0.25) is 0 Å². The molecule has 0 aromatic carbocycles. The van der Waals surface area contributed by atoms with Crippen LogP contribution < -0.4 is 5.32 Å². The van der Waals surface area contributed by atoms with Crippen LogP contribution >= 0.6 is 0 Å². The van der Waals surface area contributed by atoms with Crippen molar-refractivity contribution in [1.82, 2.24) is 20.5 Å². The Labute approximate surface area is 89.6 Å². The summed E-state index contributed by atoms with van der Waals surface area (Å²) >= 11 is 0.